The Hall–Kier alpha value is -2.74. The summed E-state index contributed by atoms with van der Waals surface area (Å²) in [5, 5.41) is 4.59. The first kappa shape index (κ1) is 18.3. The van der Waals surface area contributed by atoms with Gasteiger partial charge < -0.3 is 19.4 Å². The molecule has 150 valence electrons. The quantitative estimate of drug-likeness (QED) is 0.658. The smallest absolute Gasteiger partial charge is 0.222 e. The van der Waals surface area contributed by atoms with Crippen LogP contribution in [0.25, 0.3) is 22.2 Å². The van der Waals surface area contributed by atoms with Gasteiger partial charge in [-0.1, -0.05) is 0 Å². The number of nitrogens with zero attached hydrogens (tertiary/aromatic N) is 3. The molecule has 3 aromatic rings. The van der Waals surface area contributed by atoms with Crippen molar-refractivity contribution in [3.63, 3.8) is 0 Å². The summed E-state index contributed by atoms with van der Waals surface area (Å²) in [6.07, 6.45) is 8.32. The third kappa shape index (κ3) is 3.31. The van der Waals surface area contributed by atoms with Crippen LogP contribution in [-0.4, -0.2) is 39.4 Å². The van der Waals surface area contributed by atoms with Gasteiger partial charge in [0.15, 0.2) is 11.5 Å². The second-order valence-electron chi connectivity index (χ2n) is 7.57. The van der Waals surface area contributed by atoms with Crippen molar-refractivity contribution in [2.45, 2.75) is 30.9 Å². The largest absolute Gasteiger partial charge is 0.484 e. The lowest BCUT2D eigenvalue weighted by molar-refractivity contribution is -0.114. The number of aryl methyl sites for hydroxylation is 1. The van der Waals surface area contributed by atoms with Gasteiger partial charge in [0.2, 0.25) is 5.91 Å². The number of aromatic nitrogens is 3. The normalized spacial score (nSPS) is 18.1. The lowest BCUT2D eigenvalue weighted by Gasteiger charge is -2.28. The number of rotatable bonds is 4. The molecule has 1 saturated carbocycles. The number of pyridine rings is 2. The molecule has 0 saturated heterocycles. The third-order valence-electron chi connectivity index (χ3n) is 5.38. The standard InChI is InChI=1S/C21H22N4O3S/c1-11(26)23-18-6-13-14(9-25(2)15(13)8-22-18)20-21-16(7-19(24-20)29-3)28-17(10-27-21)12-4-5-12/h6-9,12,17H,4-5,10H2,1-3H3,(H,22,23,26). The minimum Gasteiger partial charge on any atom is -0.484 e. The molecule has 29 heavy (non-hydrogen) atoms. The maximum atomic E-state index is 11.5. The van der Waals surface area contributed by atoms with Crippen molar-refractivity contribution in [3.8, 4) is 22.8 Å². The molecule has 1 atom stereocenters. The minimum atomic E-state index is -0.155. The van der Waals surface area contributed by atoms with Gasteiger partial charge in [0.05, 0.1) is 11.7 Å². The summed E-state index contributed by atoms with van der Waals surface area (Å²) in [5.41, 5.74) is 2.63. The van der Waals surface area contributed by atoms with Gasteiger partial charge in [0.25, 0.3) is 0 Å². The summed E-state index contributed by atoms with van der Waals surface area (Å²) in [6.45, 7) is 2.02. The van der Waals surface area contributed by atoms with Crippen LogP contribution >= 0.6 is 11.8 Å². The zero-order valence-corrected chi connectivity index (χ0v) is 17.4. The fourth-order valence-corrected chi connectivity index (χ4v) is 4.19. The molecule has 0 bridgehead atoms. The predicted molar refractivity (Wildman–Crippen MR) is 113 cm³/mol. The maximum Gasteiger partial charge on any atom is 0.222 e. The average Bonchev–Trinajstić information content (AvgIpc) is 3.51. The molecule has 0 spiro atoms. The zero-order chi connectivity index (χ0) is 20.1. The third-order valence-corrected chi connectivity index (χ3v) is 6.01. The fraction of sp³-hybridized carbons (Fsp3) is 0.381. The maximum absolute atomic E-state index is 11.5. The van der Waals surface area contributed by atoms with Crippen LogP contribution in [0.5, 0.6) is 11.5 Å². The van der Waals surface area contributed by atoms with Gasteiger partial charge in [0.1, 0.15) is 29.2 Å². The van der Waals surface area contributed by atoms with Gasteiger partial charge in [-0.05, 0) is 31.1 Å². The van der Waals surface area contributed by atoms with Crippen LogP contribution in [0.15, 0.2) is 29.6 Å². The molecule has 1 amide bonds. The van der Waals surface area contributed by atoms with E-state index in [-0.39, 0.29) is 12.0 Å². The molecule has 1 N–H and O–H groups in total. The Bertz CT molecular complexity index is 1120. The van der Waals surface area contributed by atoms with Gasteiger partial charge in [-0.2, -0.15) is 0 Å². The lowest BCUT2D eigenvalue weighted by Crippen LogP contribution is -2.31. The molecule has 3 aromatic heterocycles. The van der Waals surface area contributed by atoms with E-state index in [1.165, 1.54) is 19.8 Å². The summed E-state index contributed by atoms with van der Waals surface area (Å²) < 4.78 is 14.5. The Morgan fingerprint density at radius 1 is 1.34 bits per heavy atom. The number of thioether (sulfide) groups is 1. The first-order chi connectivity index (χ1) is 14.0. The Kier molecular flexibility index (Phi) is 4.38. The van der Waals surface area contributed by atoms with Crippen LogP contribution in [0.2, 0.25) is 0 Å². The number of amides is 1. The minimum absolute atomic E-state index is 0.121. The van der Waals surface area contributed by atoms with E-state index in [4.69, 9.17) is 14.5 Å². The first-order valence-electron chi connectivity index (χ1n) is 9.65. The van der Waals surface area contributed by atoms with E-state index in [0.29, 0.717) is 24.1 Å². The lowest BCUT2D eigenvalue weighted by atomic mass is 10.1. The molecule has 5 rings (SSSR count). The van der Waals surface area contributed by atoms with Crippen molar-refractivity contribution in [2.24, 2.45) is 13.0 Å². The van der Waals surface area contributed by atoms with Crippen molar-refractivity contribution < 1.29 is 14.3 Å². The van der Waals surface area contributed by atoms with Crippen molar-refractivity contribution in [2.75, 3.05) is 18.2 Å². The number of carbonyl (C=O) groups is 1. The van der Waals surface area contributed by atoms with Crippen LogP contribution in [0.3, 0.4) is 0 Å². The molecule has 1 aliphatic carbocycles. The summed E-state index contributed by atoms with van der Waals surface area (Å²) in [5.74, 6) is 2.40. The Balaban J connectivity index is 1.66. The van der Waals surface area contributed by atoms with Crippen molar-refractivity contribution in [1.82, 2.24) is 14.5 Å². The number of hydrogen-bond donors (Lipinski definition) is 1. The molecule has 8 heteroatoms. The number of hydrogen-bond acceptors (Lipinski definition) is 6. The van der Waals surface area contributed by atoms with Crippen molar-refractivity contribution in [3.05, 3.63) is 24.5 Å². The summed E-state index contributed by atoms with van der Waals surface area (Å²) in [4.78, 5) is 20.7. The fourth-order valence-electron chi connectivity index (χ4n) is 3.78. The Labute approximate surface area is 172 Å². The summed E-state index contributed by atoms with van der Waals surface area (Å²) in [7, 11) is 1.97. The summed E-state index contributed by atoms with van der Waals surface area (Å²) in [6, 6.07) is 3.84. The van der Waals surface area contributed by atoms with Crippen LogP contribution in [0.4, 0.5) is 5.82 Å². The van der Waals surface area contributed by atoms with Crippen LogP contribution in [0, 0.1) is 5.92 Å². The highest BCUT2D eigenvalue weighted by Crippen LogP contribution is 2.47. The van der Waals surface area contributed by atoms with Crippen molar-refractivity contribution in [1.29, 1.82) is 0 Å². The molecule has 1 unspecified atom stereocenters. The highest BCUT2D eigenvalue weighted by atomic mass is 32.2. The van der Waals surface area contributed by atoms with E-state index in [2.05, 4.69) is 10.3 Å². The van der Waals surface area contributed by atoms with E-state index < -0.39 is 0 Å². The van der Waals surface area contributed by atoms with Gasteiger partial charge in [-0.3, -0.25) is 4.79 Å². The van der Waals surface area contributed by atoms with E-state index >= 15 is 0 Å². The SMILES string of the molecule is CSc1cc2c(c(-c3cn(C)c4cnc(NC(C)=O)cc34)n1)OCC(C1CC1)O2. The van der Waals surface area contributed by atoms with E-state index in [1.807, 2.05) is 36.2 Å². The number of nitrogens with one attached hydrogen (secondary N) is 1. The second kappa shape index (κ2) is 6.95. The van der Waals surface area contributed by atoms with Crippen LogP contribution in [-0.2, 0) is 11.8 Å². The number of anilines is 1. The van der Waals surface area contributed by atoms with Crippen LogP contribution < -0.4 is 14.8 Å². The monoisotopic (exact) mass is 410 g/mol. The highest BCUT2D eigenvalue weighted by Gasteiger charge is 2.37. The van der Waals surface area contributed by atoms with Crippen LogP contribution in [0.1, 0.15) is 19.8 Å². The molecule has 1 fully saturated rings. The number of ether oxygens (including phenoxy) is 2. The van der Waals surface area contributed by atoms with Gasteiger partial charge in [-0.25, -0.2) is 9.97 Å². The summed E-state index contributed by atoms with van der Waals surface area (Å²) >= 11 is 1.58. The second-order valence-corrected chi connectivity index (χ2v) is 8.39. The number of carbonyl (C=O) groups excluding carboxylic acids is 1. The van der Waals surface area contributed by atoms with Gasteiger partial charge in [-0.15, -0.1) is 11.8 Å². The van der Waals surface area contributed by atoms with E-state index in [1.54, 1.807) is 18.0 Å². The molecule has 7 nitrogen and oxygen atoms in total. The average molecular weight is 410 g/mol. The molecule has 4 heterocycles. The Morgan fingerprint density at radius 2 is 2.17 bits per heavy atom. The van der Waals surface area contributed by atoms with Gasteiger partial charge in [0, 0.05) is 37.2 Å². The number of fused-ring (bicyclic) bond motifs is 2. The highest BCUT2D eigenvalue weighted by molar-refractivity contribution is 7.98. The Morgan fingerprint density at radius 3 is 2.90 bits per heavy atom. The predicted octanol–water partition coefficient (Wildman–Crippen LogP) is 3.87. The first-order valence-corrected chi connectivity index (χ1v) is 10.9. The molecule has 1 aliphatic heterocycles. The molecular formula is C21H22N4O3S. The van der Waals surface area contributed by atoms with E-state index in [0.717, 1.165) is 32.9 Å². The van der Waals surface area contributed by atoms with Crippen molar-refractivity contribution >= 4 is 34.4 Å². The molecular weight excluding hydrogens is 388 g/mol. The topological polar surface area (TPSA) is 78.3 Å². The zero-order valence-electron chi connectivity index (χ0n) is 16.6. The van der Waals surface area contributed by atoms with E-state index in [9.17, 15) is 4.79 Å². The molecule has 0 aromatic carbocycles. The molecule has 2 aliphatic rings. The van der Waals surface area contributed by atoms with Gasteiger partial charge >= 0.3 is 0 Å². The molecule has 0 radical (unpaired) electrons.